The van der Waals surface area contributed by atoms with Crippen LogP contribution in [0.2, 0.25) is 18.1 Å². The fraction of sp³-hybridized carbons (Fsp3) is 0.577. The molecule has 1 aliphatic heterocycles. The molecule has 0 atom stereocenters. The second kappa shape index (κ2) is 9.42. The van der Waals surface area contributed by atoms with Crippen LogP contribution in [0, 0.1) is 6.92 Å². The molecule has 3 rings (SSSR count). The summed E-state index contributed by atoms with van der Waals surface area (Å²) in [5.41, 5.74) is 2.33. The summed E-state index contributed by atoms with van der Waals surface area (Å²) in [6.45, 7) is 22.6. The number of rotatable bonds is 7. The number of thiophene rings is 1. The van der Waals surface area contributed by atoms with Crippen molar-refractivity contribution in [2.45, 2.75) is 91.1 Å². The van der Waals surface area contributed by atoms with E-state index in [4.69, 9.17) is 13.7 Å². The fourth-order valence-electron chi connectivity index (χ4n) is 3.29. The number of hydrogen-bond donors (Lipinski definition) is 0. The number of aryl methyl sites for hydroxylation is 1. The van der Waals surface area contributed by atoms with Crippen molar-refractivity contribution in [2.24, 2.45) is 0 Å². The molecule has 0 bridgehead atoms. The van der Waals surface area contributed by atoms with Gasteiger partial charge in [0.05, 0.1) is 16.9 Å². The summed E-state index contributed by atoms with van der Waals surface area (Å²) in [5, 5.41) is 0.249. The lowest BCUT2D eigenvalue weighted by atomic mass is 9.79. The quantitative estimate of drug-likeness (QED) is 0.421. The van der Waals surface area contributed by atoms with Crippen LogP contribution >= 0.6 is 11.3 Å². The molecule has 0 saturated carbocycles. The van der Waals surface area contributed by atoms with Crippen molar-refractivity contribution >= 4 is 44.4 Å². The summed E-state index contributed by atoms with van der Waals surface area (Å²) >= 11 is 1.82. The van der Waals surface area contributed by atoms with Gasteiger partial charge in [-0.25, -0.2) is 0 Å². The highest BCUT2D eigenvalue weighted by Crippen LogP contribution is 2.37. The normalized spacial score (nSPS) is 18.4. The highest BCUT2D eigenvalue weighted by atomic mass is 32.1. The Morgan fingerprint density at radius 1 is 1.09 bits per heavy atom. The first-order chi connectivity index (χ1) is 15.1. The molecule has 33 heavy (non-hydrogen) atoms. The summed E-state index contributed by atoms with van der Waals surface area (Å²) in [6, 6.07) is 6.50. The topological polar surface area (TPSA) is 40.6 Å². The largest absolute Gasteiger partial charge is 0.496 e. The fourth-order valence-corrected chi connectivity index (χ4v) is 5.23. The number of pyridine rings is 1. The van der Waals surface area contributed by atoms with Crippen LogP contribution in [0.15, 0.2) is 24.4 Å². The van der Waals surface area contributed by atoms with Crippen LogP contribution in [0.1, 0.15) is 69.5 Å². The van der Waals surface area contributed by atoms with Crippen LogP contribution in [0.25, 0.3) is 12.2 Å². The minimum atomic E-state index is -1.68. The summed E-state index contributed by atoms with van der Waals surface area (Å²) in [6.07, 6.45) is 7.07. The number of nitrogens with zero attached hydrogens (tertiary/aromatic N) is 1. The highest BCUT2D eigenvalue weighted by molar-refractivity contribution is 7.12. The molecule has 2 aromatic rings. The SMILES string of the molecule is Cc1cc(B2OC(C)(C)C(C)(C)O2)cnc1/C=C/c1ccc(CCO[Si](C)(C)C(C)(C)C)s1. The van der Waals surface area contributed by atoms with Gasteiger partial charge in [-0.05, 0) is 82.6 Å². The molecule has 1 saturated heterocycles. The molecule has 2 aromatic heterocycles. The first-order valence-electron chi connectivity index (χ1n) is 11.8. The maximum absolute atomic E-state index is 6.33. The first-order valence-corrected chi connectivity index (χ1v) is 15.6. The van der Waals surface area contributed by atoms with Gasteiger partial charge in [0, 0.05) is 34.4 Å². The lowest BCUT2D eigenvalue weighted by Gasteiger charge is -2.36. The summed E-state index contributed by atoms with van der Waals surface area (Å²) < 4.78 is 18.7. The zero-order valence-corrected chi connectivity index (χ0v) is 23.9. The van der Waals surface area contributed by atoms with Crippen LogP contribution in [0.3, 0.4) is 0 Å². The van der Waals surface area contributed by atoms with Crippen molar-refractivity contribution in [1.29, 1.82) is 0 Å². The Hall–Kier alpha value is -1.25. The average Bonchev–Trinajstić information content (AvgIpc) is 3.21. The van der Waals surface area contributed by atoms with Crippen LogP contribution in [-0.4, -0.2) is 38.2 Å². The van der Waals surface area contributed by atoms with E-state index >= 15 is 0 Å². The first kappa shape index (κ1) is 26.4. The van der Waals surface area contributed by atoms with E-state index in [1.54, 1.807) is 0 Å². The zero-order chi connectivity index (χ0) is 24.7. The maximum Gasteiger partial charge on any atom is 0.496 e. The van der Waals surface area contributed by atoms with E-state index in [1.807, 2.05) is 17.5 Å². The van der Waals surface area contributed by atoms with Crippen molar-refractivity contribution in [3.8, 4) is 0 Å². The van der Waals surface area contributed by atoms with Crippen LogP contribution < -0.4 is 5.46 Å². The predicted molar refractivity (Wildman–Crippen MR) is 145 cm³/mol. The second-order valence-electron chi connectivity index (χ2n) is 11.6. The van der Waals surface area contributed by atoms with Crippen molar-refractivity contribution < 1.29 is 13.7 Å². The van der Waals surface area contributed by atoms with E-state index < -0.39 is 8.32 Å². The molecule has 0 amide bonds. The Balaban J connectivity index is 1.60. The van der Waals surface area contributed by atoms with Gasteiger partial charge in [0.25, 0.3) is 0 Å². The maximum atomic E-state index is 6.33. The van der Waals surface area contributed by atoms with Gasteiger partial charge >= 0.3 is 7.12 Å². The van der Waals surface area contributed by atoms with E-state index in [1.165, 1.54) is 9.75 Å². The molecule has 3 heterocycles. The molecule has 0 unspecified atom stereocenters. The van der Waals surface area contributed by atoms with E-state index in [-0.39, 0.29) is 23.4 Å². The third-order valence-electron chi connectivity index (χ3n) is 7.37. The Labute approximate surface area is 206 Å². The Bertz CT molecular complexity index is 991. The standard InChI is InChI=1S/C26H40BNO3SSi/c1-19-17-20(27-30-25(5,6)26(7,8)31-27)18-28-23(19)14-13-21-11-12-22(32-21)15-16-29-33(9,10)24(2,3)4/h11-14,17-18H,15-16H2,1-10H3/b14-13+. The van der Waals surface area contributed by atoms with E-state index in [0.717, 1.165) is 29.7 Å². The molecule has 1 aliphatic rings. The molecule has 0 aromatic carbocycles. The summed E-state index contributed by atoms with van der Waals surface area (Å²) in [4.78, 5) is 7.27. The number of hydrogen-bond acceptors (Lipinski definition) is 5. The molecule has 1 fully saturated rings. The lowest BCUT2D eigenvalue weighted by Crippen LogP contribution is -2.41. The Morgan fingerprint density at radius 3 is 2.30 bits per heavy atom. The molecular weight excluding hydrogens is 445 g/mol. The minimum Gasteiger partial charge on any atom is -0.416 e. The van der Waals surface area contributed by atoms with Crippen molar-refractivity contribution in [1.82, 2.24) is 4.98 Å². The van der Waals surface area contributed by atoms with Crippen LogP contribution in [0.4, 0.5) is 0 Å². The van der Waals surface area contributed by atoms with Gasteiger partial charge in [0.15, 0.2) is 8.32 Å². The van der Waals surface area contributed by atoms with E-state index in [2.05, 4.69) is 104 Å². The molecule has 0 N–H and O–H groups in total. The second-order valence-corrected chi connectivity index (χ2v) is 17.6. The van der Waals surface area contributed by atoms with E-state index in [9.17, 15) is 0 Å². The van der Waals surface area contributed by atoms with Gasteiger partial charge in [0.1, 0.15) is 0 Å². The minimum absolute atomic E-state index is 0.249. The molecule has 0 aliphatic carbocycles. The molecule has 4 nitrogen and oxygen atoms in total. The van der Waals surface area contributed by atoms with Gasteiger partial charge in [-0.3, -0.25) is 4.98 Å². The van der Waals surface area contributed by atoms with Crippen LogP contribution in [0.5, 0.6) is 0 Å². The average molecular weight is 486 g/mol. The number of aromatic nitrogens is 1. The van der Waals surface area contributed by atoms with Crippen molar-refractivity contribution in [3.05, 3.63) is 45.4 Å². The van der Waals surface area contributed by atoms with E-state index in [0.29, 0.717) is 0 Å². The van der Waals surface area contributed by atoms with Crippen molar-refractivity contribution in [3.63, 3.8) is 0 Å². The zero-order valence-electron chi connectivity index (χ0n) is 22.0. The third kappa shape index (κ3) is 6.06. The van der Waals surface area contributed by atoms with Gasteiger partial charge in [-0.1, -0.05) is 26.8 Å². The smallest absolute Gasteiger partial charge is 0.416 e. The van der Waals surface area contributed by atoms with Gasteiger partial charge < -0.3 is 13.7 Å². The Kier molecular flexibility index (Phi) is 7.53. The molecule has 0 radical (unpaired) electrons. The van der Waals surface area contributed by atoms with Crippen LogP contribution in [-0.2, 0) is 20.2 Å². The molecular formula is C26H40BNO3SSi. The van der Waals surface area contributed by atoms with Gasteiger partial charge in [-0.2, -0.15) is 0 Å². The van der Waals surface area contributed by atoms with Gasteiger partial charge in [-0.15, -0.1) is 11.3 Å². The molecule has 7 heteroatoms. The monoisotopic (exact) mass is 485 g/mol. The summed E-state index contributed by atoms with van der Waals surface area (Å²) in [7, 11) is -2.07. The molecule has 180 valence electrons. The van der Waals surface area contributed by atoms with Gasteiger partial charge in [0.2, 0.25) is 0 Å². The third-order valence-corrected chi connectivity index (χ3v) is 13.0. The predicted octanol–water partition coefficient (Wildman–Crippen LogP) is 6.49. The summed E-state index contributed by atoms with van der Waals surface area (Å²) in [5.74, 6) is 0. The lowest BCUT2D eigenvalue weighted by molar-refractivity contribution is 0.00578. The molecule has 0 spiro atoms. The Morgan fingerprint density at radius 2 is 1.73 bits per heavy atom. The van der Waals surface area contributed by atoms with Crippen molar-refractivity contribution in [2.75, 3.05) is 6.61 Å². The highest BCUT2D eigenvalue weighted by Gasteiger charge is 2.51.